The van der Waals surface area contributed by atoms with Crippen LogP contribution in [-0.2, 0) is 14.3 Å². The number of carbonyl (C=O) groups excluding carboxylic acids is 2. The highest BCUT2D eigenvalue weighted by Crippen LogP contribution is 2.48. The van der Waals surface area contributed by atoms with E-state index in [1.807, 2.05) is 56.3 Å². The quantitative estimate of drug-likeness (QED) is 0.388. The van der Waals surface area contributed by atoms with Gasteiger partial charge in [0.1, 0.15) is 11.9 Å². The molecular weight excluding hydrogens is 506 g/mol. The van der Waals surface area contributed by atoms with Crippen LogP contribution in [0.1, 0.15) is 81.8 Å². The van der Waals surface area contributed by atoms with Gasteiger partial charge in [0.2, 0.25) is 0 Å². The fourth-order valence-electron chi connectivity index (χ4n) is 6.37. The van der Waals surface area contributed by atoms with Gasteiger partial charge in [-0.1, -0.05) is 30.7 Å². The number of esters is 1. The van der Waals surface area contributed by atoms with Crippen molar-refractivity contribution < 1.29 is 28.5 Å². The number of ketones is 1. The molecule has 3 aliphatic rings. The molecule has 1 saturated carbocycles. The Hall–Kier alpha value is -3.74. The number of hydrogen-bond acceptors (Lipinski definition) is 7. The number of nitrogens with one attached hydrogen (secondary N) is 1. The molecule has 0 amide bonds. The van der Waals surface area contributed by atoms with Gasteiger partial charge < -0.3 is 24.3 Å². The van der Waals surface area contributed by atoms with Crippen molar-refractivity contribution in [2.75, 3.05) is 20.8 Å². The Balaban J connectivity index is 1.55. The minimum absolute atomic E-state index is 0.0142. The van der Waals surface area contributed by atoms with E-state index < -0.39 is 5.92 Å². The van der Waals surface area contributed by atoms with Gasteiger partial charge >= 0.3 is 5.97 Å². The molecule has 0 aromatic heterocycles. The van der Waals surface area contributed by atoms with Crippen molar-refractivity contribution in [1.82, 2.24) is 5.32 Å². The topological polar surface area (TPSA) is 83.1 Å². The molecule has 0 unspecified atom stereocenters. The Labute approximate surface area is 236 Å². The molecule has 7 heteroatoms. The molecule has 40 heavy (non-hydrogen) atoms. The highest BCUT2D eigenvalue weighted by atomic mass is 16.5. The number of allylic oxidation sites excluding steroid dienone is 3. The second kappa shape index (κ2) is 12.2. The molecular formula is C33H39NO6. The van der Waals surface area contributed by atoms with Crippen LogP contribution in [0.25, 0.3) is 0 Å². The lowest BCUT2D eigenvalue weighted by atomic mass is 9.71. The maximum Gasteiger partial charge on any atom is 0.337 e. The molecule has 0 saturated heterocycles. The normalized spacial score (nSPS) is 21.4. The first-order valence-electron chi connectivity index (χ1n) is 14.3. The largest absolute Gasteiger partial charge is 0.494 e. The van der Waals surface area contributed by atoms with E-state index in [4.69, 9.17) is 18.9 Å². The van der Waals surface area contributed by atoms with E-state index in [2.05, 4.69) is 5.32 Å². The molecule has 0 spiro atoms. The third-order valence-electron chi connectivity index (χ3n) is 8.28. The minimum Gasteiger partial charge on any atom is -0.494 e. The summed E-state index contributed by atoms with van der Waals surface area (Å²) in [5.74, 6) is 1.02. The summed E-state index contributed by atoms with van der Waals surface area (Å²) >= 11 is 0. The summed E-state index contributed by atoms with van der Waals surface area (Å²) in [5.41, 5.74) is 4.51. The molecule has 7 nitrogen and oxygen atoms in total. The summed E-state index contributed by atoms with van der Waals surface area (Å²) in [6.45, 7) is 4.32. The lowest BCUT2D eigenvalue weighted by Crippen LogP contribution is -2.37. The van der Waals surface area contributed by atoms with Crippen LogP contribution < -0.4 is 19.5 Å². The molecule has 1 heterocycles. The molecule has 5 rings (SSSR count). The van der Waals surface area contributed by atoms with E-state index in [9.17, 15) is 9.59 Å². The van der Waals surface area contributed by atoms with Crippen molar-refractivity contribution in [3.8, 4) is 17.2 Å². The zero-order chi connectivity index (χ0) is 28.2. The van der Waals surface area contributed by atoms with Gasteiger partial charge in [0.25, 0.3) is 0 Å². The molecule has 1 N–H and O–H groups in total. The van der Waals surface area contributed by atoms with Crippen molar-refractivity contribution in [1.29, 1.82) is 0 Å². The van der Waals surface area contributed by atoms with Crippen molar-refractivity contribution in [3.63, 3.8) is 0 Å². The number of dihydropyridines is 1. The number of benzene rings is 2. The molecule has 2 aromatic carbocycles. The van der Waals surface area contributed by atoms with Crippen LogP contribution in [0.15, 0.2) is 65.0 Å². The van der Waals surface area contributed by atoms with Gasteiger partial charge in [-0.15, -0.1) is 0 Å². The first kappa shape index (κ1) is 27.8. The van der Waals surface area contributed by atoms with E-state index in [1.165, 1.54) is 6.42 Å². The Morgan fingerprint density at radius 1 is 0.950 bits per heavy atom. The SMILES string of the molecule is CCOc1ccccc1[C@H]1C(C(=O)OC2CCCCC2)=C(C)NC2=C1C(=O)C[C@H](c1ccc(OC)c(OC)c1)C2. The zero-order valence-electron chi connectivity index (χ0n) is 23.9. The van der Waals surface area contributed by atoms with Crippen molar-refractivity contribution in [3.05, 3.63) is 76.1 Å². The second-order valence-corrected chi connectivity index (χ2v) is 10.8. The third kappa shape index (κ3) is 5.47. The van der Waals surface area contributed by atoms with E-state index in [0.717, 1.165) is 48.2 Å². The highest BCUT2D eigenvalue weighted by molar-refractivity contribution is 6.04. The van der Waals surface area contributed by atoms with Gasteiger partial charge in [-0.25, -0.2) is 4.79 Å². The Bertz CT molecular complexity index is 1340. The number of carbonyl (C=O) groups is 2. The smallest absolute Gasteiger partial charge is 0.337 e. The third-order valence-corrected chi connectivity index (χ3v) is 8.28. The molecule has 2 aliphatic carbocycles. The van der Waals surface area contributed by atoms with Crippen LogP contribution in [0.2, 0.25) is 0 Å². The predicted molar refractivity (Wildman–Crippen MR) is 153 cm³/mol. The Morgan fingerprint density at radius 3 is 2.42 bits per heavy atom. The molecule has 0 radical (unpaired) electrons. The number of rotatable bonds is 8. The maximum absolute atomic E-state index is 14.0. The van der Waals surface area contributed by atoms with Crippen LogP contribution in [0.3, 0.4) is 0 Å². The fourth-order valence-corrected chi connectivity index (χ4v) is 6.37. The molecule has 2 aromatic rings. The number of methoxy groups -OCH3 is 2. The van der Waals surface area contributed by atoms with E-state index in [-0.39, 0.29) is 23.8 Å². The number of para-hydroxylation sites is 1. The monoisotopic (exact) mass is 545 g/mol. The van der Waals surface area contributed by atoms with E-state index in [0.29, 0.717) is 47.8 Å². The molecule has 212 valence electrons. The predicted octanol–water partition coefficient (Wildman–Crippen LogP) is 6.34. The molecule has 1 aliphatic heterocycles. The van der Waals surface area contributed by atoms with Crippen LogP contribution in [0.5, 0.6) is 17.2 Å². The van der Waals surface area contributed by atoms with Crippen molar-refractivity contribution in [2.24, 2.45) is 0 Å². The van der Waals surface area contributed by atoms with Gasteiger partial charge in [-0.2, -0.15) is 0 Å². The summed E-state index contributed by atoms with van der Waals surface area (Å²) in [5, 5.41) is 3.46. The number of ether oxygens (including phenoxy) is 4. The molecule has 2 atom stereocenters. The van der Waals surface area contributed by atoms with Gasteiger partial charge in [0, 0.05) is 29.0 Å². The standard InChI is InChI=1S/C33H39NO6/c1-5-39-27-14-10-9-13-24(27)31-30(33(36)40-23-11-7-6-8-12-23)20(2)34-25-17-22(18-26(35)32(25)31)21-15-16-28(37-3)29(19-21)38-4/h9-10,13-16,19,22-23,31,34H,5-8,11-12,17-18H2,1-4H3/t22-,31+/m1/s1. The first-order valence-corrected chi connectivity index (χ1v) is 14.3. The summed E-state index contributed by atoms with van der Waals surface area (Å²) in [6.07, 6.45) is 5.94. The van der Waals surface area contributed by atoms with Crippen LogP contribution in [0, 0.1) is 0 Å². The molecule has 1 fully saturated rings. The summed E-state index contributed by atoms with van der Waals surface area (Å²) < 4.78 is 23.0. The summed E-state index contributed by atoms with van der Waals surface area (Å²) in [4.78, 5) is 27.8. The first-order chi connectivity index (χ1) is 19.4. The van der Waals surface area contributed by atoms with Crippen molar-refractivity contribution >= 4 is 11.8 Å². The zero-order valence-corrected chi connectivity index (χ0v) is 23.9. The van der Waals surface area contributed by atoms with Crippen LogP contribution in [0.4, 0.5) is 0 Å². The average molecular weight is 546 g/mol. The van der Waals surface area contributed by atoms with Gasteiger partial charge in [0.05, 0.1) is 32.3 Å². The number of Topliss-reactive ketones (excluding diaryl/α,β-unsaturated/α-hetero) is 1. The van der Waals surface area contributed by atoms with Gasteiger partial charge in [-0.3, -0.25) is 4.79 Å². The van der Waals surface area contributed by atoms with Gasteiger partial charge in [0.15, 0.2) is 17.3 Å². The van der Waals surface area contributed by atoms with Crippen LogP contribution in [-0.4, -0.2) is 38.7 Å². The number of hydrogen-bond donors (Lipinski definition) is 1. The maximum atomic E-state index is 14.0. The fraction of sp³-hybridized carbons (Fsp3) is 0.455. The lowest BCUT2D eigenvalue weighted by Gasteiger charge is -2.37. The van der Waals surface area contributed by atoms with Crippen LogP contribution >= 0.6 is 0 Å². The average Bonchev–Trinajstić information content (AvgIpc) is 2.97. The van der Waals surface area contributed by atoms with E-state index >= 15 is 0 Å². The Kier molecular flexibility index (Phi) is 8.48. The summed E-state index contributed by atoms with van der Waals surface area (Å²) in [6, 6.07) is 13.5. The minimum atomic E-state index is -0.561. The second-order valence-electron chi connectivity index (χ2n) is 10.8. The Morgan fingerprint density at radius 2 is 1.70 bits per heavy atom. The lowest BCUT2D eigenvalue weighted by molar-refractivity contribution is -0.146. The summed E-state index contributed by atoms with van der Waals surface area (Å²) in [7, 11) is 3.22. The highest BCUT2D eigenvalue weighted by Gasteiger charge is 2.43. The molecule has 0 bridgehead atoms. The van der Waals surface area contributed by atoms with E-state index in [1.54, 1.807) is 14.2 Å². The van der Waals surface area contributed by atoms with Gasteiger partial charge in [-0.05, 0) is 75.6 Å². The van der Waals surface area contributed by atoms with Crippen molar-refractivity contribution in [2.45, 2.75) is 76.7 Å².